The summed E-state index contributed by atoms with van der Waals surface area (Å²) in [6.07, 6.45) is 1.51. The lowest BCUT2D eigenvalue weighted by molar-refractivity contribution is 0.246. The van der Waals surface area contributed by atoms with Gasteiger partial charge in [0.15, 0.2) is 0 Å². The molecule has 0 spiro atoms. The van der Waals surface area contributed by atoms with Crippen molar-refractivity contribution in [2.45, 2.75) is 6.04 Å². The van der Waals surface area contributed by atoms with Crippen LogP contribution in [0.2, 0.25) is 0 Å². The molecule has 0 saturated heterocycles. The maximum absolute atomic E-state index is 12.4. The quantitative estimate of drug-likeness (QED) is 0.794. The normalized spacial score (nSPS) is 12.7. The highest BCUT2D eigenvalue weighted by Gasteiger charge is 2.15. The zero-order chi connectivity index (χ0) is 13.2. The molecule has 0 fully saturated rings. The SMILES string of the molecule is O=c1c2sccc2ncn1C(CO)c1ccccc1. The Morgan fingerprint density at radius 2 is 2.05 bits per heavy atom. The second-order valence-electron chi connectivity index (χ2n) is 4.20. The van der Waals surface area contributed by atoms with E-state index >= 15 is 0 Å². The molecule has 19 heavy (non-hydrogen) atoms. The van der Waals surface area contributed by atoms with Gasteiger partial charge >= 0.3 is 0 Å². The van der Waals surface area contributed by atoms with Crippen LogP contribution in [0.15, 0.2) is 52.9 Å². The number of aliphatic hydroxyl groups is 1. The number of hydrogen-bond acceptors (Lipinski definition) is 4. The van der Waals surface area contributed by atoms with Crippen LogP contribution in [0.5, 0.6) is 0 Å². The van der Waals surface area contributed by atoms with Crippen molar-refractivity contribution in [3.05, 3.63) is 64.0 Å². The topological polar surface area (TPSA) is 55.1 Å². The fourth-order valence-corrected chi connectivity index (χ4v) is 2.89. The smallest absolute Gasteiger partial charge is 0.271 e. The fraction of sp³-hybridized carbons (Fsp3) is 0.143. The Morgan fingerprint density at radius 1 is 1.26 bits per heavy atom. The van der Waals surface area contributed by atoms with Crippen molar-refractivity contribution < 1.29 is 5.11 Å². The summed E-state index contributed by atoms with van der Waals surface area (Å²) in [5, 5.41) is 11.4. The van der Waals surface area contributed by atoms with Gasteiger partial charge in [-0.3, -0.25) is 9.36 Å². The predicted octanol–water partition coefficient (Wildman–Crippen LogP) is 2.04. The van der Waals surface area contributed by atoms with Crippen LogP contribution >= 0.6 is 11.3 Å². The minimum atomic E-state index is -0.396. The zero-order valence-electron chi connectivity index (χ0n) is 10.1. The van der Waals surface area contributed by atoms with Gasteiger partial charge in [-0.15, -0.1) is 11.3 Å². The van der Waals surface area contributed by atoms with Gasteiger partial charge in [-0.1, -0.05) is 30.3 Å². The standard InChI is InChI=1S/C14H12N2O2S/c17-8-12(10-4-2-1-3-5-10)16-9-15-11-6-7-19-13(11)14(16)18/h1-7,9,12,17H,8H2. The molecule has 96 valence electrons. The third-order valence-corrected chi connectivity index (χ3v) is 3.98. The monoisotopic (exact) mass is 272 g/mol. The highest BCUT2D eigenvalue weighted by atomic mass is 32.1. The number of rotatable bonds is 3. The Balaban J connectivity index is 2.17. The molecule has 0 saturated carbocycles. The predicted molar refractivity (Wildman–Crippen MR) is 75.5 cm³/mol. The summed E-state index contributed by atoms with van der Waals surface area (Å²) in [4.78, 5) is 16.6. The minimum Gasteiger partial charge on any atom is -0.394 e. The average molecular weight is 272 g/mol. The Labute approximate surface area is 113 Å². The lowest BCUT2D eigenvalue weighted by Gasteiger charge is -2.17. The van der Waals surface area contributed by atoms with Crippen molar-refractivity contribution in [3.8, 4) is 0 Å². The van der Waals surface area contributed by atoms with E-state index in [-0.39, 0.29) is 12.2 Å². The zero-order valence-corrected chi connectivity index (χ0v) is 10.9. The number of aliphatic hydroxyl groups excluding tert-OH is 1. The summed E-state index contributed by atoms with van der Waals surface area (Å²) in [6, 6.07) is 10.9. The highest BCUT2D eigenvalue weighted by molar-refractivity contribution is 7.17. The first-order chi connectivity index (χ1) is 9.31. The first-order valence-electron chi connectivity index (χ1n) is 5.91. The van der Waals surface area contributed by atoms with E-state index in [2.05, 4.69) is 4.98 Å². The molecule has 3 rings (SSSR count). The molecule has 0 aliphatic rings. The molecule has 1 unspecified atom stereocenters. The molecule has 0 radical (unpaired) electrons. The largest absolute Gasteiger partial charge is 0.394 e. The average Bonchev–Trinajstić information content (AvgIpc) is 2.93. The second kappa shape index (κ2) is 4.95. The van der Waals surface area contributed by atoms with Crippen LogP contribution < -0.4 is 5.56 Å². The van der Waals surface area contributed by atoms with Crippen molar-refractivity contribution in [2.24, 2.45) is 0 Å². The van der Waals surface area contributed by atoms with E-state index < -0.39 is 6.04 Å². The van der Waals surface area contributed by atoms with Gasteiger partial charge in [-0.25, -0.2) is 4.98 Å². The Bertz CT molecular complexity index is 749. The van der Waals surface area contributed by atoms with E-state index in [0.29, 0.717) is 10.2 Å². The van der Waals surface area contributed by atoms with E-state index in [4.69, 9.17) is 0 Å². The minimum absolute atomic E-state index is 0.108. The number of hydrogen-bond donors (Lipinski definition) is 1. The summed E-state index contributed by atoms with van der Waals surface area (Å²) in [5.41, 5.74) is 1.49. The second-order valence-corrected chi connectivity index (χ2v) is 5.12. The lowest BCUT2D eigenvalue weighted by Crippen LogP contribution is -2.27. The molecule has 1 aromatic carbocycles. The number of aromatic nitrogens is 2. The molecule has 2 aromatic heterocycles. The van der Waals surface area contributed by atoms with Gasteiger partial charge in [0.05, 0.1) is 24.5 Å². The molecular weight excluding hydrogens is 260 g/mol. The van der Waals surface area contributed by atoms with Crippen molar-refractivity contribution in [1.82, 2.24) is 9.55 Å². The van der Waals surface area contributed by atoms with Crippen LogP contribution in [0, 0.1) is 0 Å². The van der Waals surface area contributed by atoms with Crippen LogP contribution in [0.25, 0.3) is 10.2 Å². The Hall–Kier alpha value is -1.98. The van der Waals surface area contributed by atoms with Gasteiger partial charge in [0, 0.05) is 0 Å². The van der Waals surface area contributed by atoms with Crippen molar-refractivity contribution in [3.63, 3.8) is 0 Å². The molecule has 5 heteroatoms. The molecular formula is C14H12N2O2S. The third kappa shape index (κ3) is 2.07. The molecule has 3 aromatic rings. The maximum atomic E-state index is 12.4. The van der Waals surface area contributed by atoms with E-state index in [1.54, 1.807) is 0 Å². The Kier molecular flexibility index (Phi) is 3.15. The highest BCUT2D eigenvalue weighted by Crippen LogP contribution is 2.18. The van der Waals surface area contributed by atoms with Crippen LogP contribution in [0.4, 0.5) is 0 Å². The van der Waals surface area contributed by atoms with Crippen molar-refractivity contribution in [2.75, 3.05) is 6.61 Å². The molecule has 2 heterocycles. The van der Waals surface area contributed by atoms with Crippen molar-refractivity contribution >= 4 is 21.6 Å². The van der Waals surface area contributed by atoms with E-state index in [1.165, 1.54) is 22.2 Å². The van der Waals surface area contributed by atoms with Crippen molar-refractivity contribution in [1.29, 1.82) is 0 Å². The van der Waals surface area contributed by atoms with Gasteiger partial charge in [0.1, 0.15) is 4.70 Å². The summed E-state index contributed by atoms with van der Waals surface area (Å²) in [7, 11) is 0. The first-order valence-corrected chi connectivity index (χ1v) is 6.79. The van der Waals surface area contributed by atoms with Gasteiger partial charge < -0.3 is 5.11 Å². The third-order valence-electron chi connectivity index (χ3n) is 3.09. The van der Waals surface area contributed by atoms with E-state index in [0.717, 1.165) is 5.56 Å². The summed E-state index contributed by atoms with van der Waals surface area (Å²) in [5.74, 6) is 0. The van der Waals surface area contributed by atoms with E-state index in [9.17, 15) is 9.90 Å². The van der Waals surface area contributed by atoms with Crippen LogP contribution in [0.1, 0.15) is 11.6 Å². The molecule has 4 nitrogen and oxygen atoms in total. The van der Waals surface area contributed by atoms with E-state index in [1.807, 2.05) is 41.8 Å². The molecule has 1 N–H and O–H groups in total. The fourth-order valence-electron chi connectivity index (χ4n) is 2.11. The number of thiophene rings is 1. The van der Waals surface area contributed by atoms with Gasteiger partial charge in [-0.2, -0.15) is 0 Å². The van der Waals surface area contributed by atoms with Crippen LogP contribution in [-0.4, -0.2) is 21.3 Å². The van der Waals surface area contributed by atoms with Crippen LogP contribution in [-0.2, 0) is 0 Å². The number of fused-ring (bicyclic) bond motifs is 1. The number of benzene rings is 1. The molecule has 0 aliphatic carbocycles. The molecule has 0 amide bonds. The molecule has 0 bridgehead atoms. The molecule has 0 aliphatic heterocycles. The van der Waals surface area contributed by atoms with Gasteiger partial charge in [0.25, 0.3) is 5.56 Å². The van der Waals surface area contributed by atoms with Crippen LogP contribution in [0.3, 0.4) is 0 Å². The Morgan fingerprint density at radius 3 is 2.79 bits per heavy atom. The summed E-state index contributed by atoms with van der Waals surface area (Å²) >= 11 is 1.37. The number of nitrogens with zero attached hydrogens (tertiary/aromatic N) is 2. The summed E-state index contributed by atoms with van der Waals surface area (Å²) in [6.45, 7) is -0.136. The molecule has 1 atom stereocenters. The lowest BCUT2D eigenvalue weighted by atomic mass is 10.1. The maximum Gasteiger partial charge on any atom is 0.271 e. The van der Waals surface area contributed by atoms with Gasteiger partial charge in [0.2, 0.25) is 0 Å². The first kappa shape index (κ1) is 12.1. The summed E-state index contributed by atoms with van der Waals surface area (Å²) < 4.78 is 2.12. The van der Waals surface area contributed by atoms with Gasteiger partial charge in [-0.05, 0) is 17.0 Å².